The van der Waals surface area contributed by atoms with Crippen LogP contribution in [0.5, 0.6) is 0 Å². The molecule has 1 aromatic heterocycles. The molecule has 1 saturated heterocycles. The number of hydrogen-bond acceptors (Lipinski definition) is 3. The highest BCUT2D eigenvalue weighted by molar-refractivity contribution is 6.36. The van der Waals surface area contributed by atoms with Crippen molar-refractivity contribution < 1.29 is 4.74 Å². The summed E-state index contributed by atoms with van der Waals surface area (Å²) in [5.41, 5.74) is 0.975. The molecule has 1 aromatic carbocycles. The summed E-state index contributed by atoms with van der Waals surface area (Å²) in [6.07, 6.45) is 0. The number of anilines is 1. The predicted octanol–water partition coefficient (Wildman–Crippen LogP) is 2.83. The van der Waals surface area contributed by atoms with E-state index in [0.29, 0.717) is 12.1 Å². The molecule has 1 N–H and O–H groups in total. The van der Waals surface area contributed by atoms with E-state index >= 15 is 0 Å². The summed E-state index contributed by atoms with van der Waals surface area (Å²) < 4.78 is 5.55. The van der Waals surface area contributed by atoms with Crippen LogP contribution in [0.25, 0.3) is 10.9 Å². The minimum absolute atomic E-state index is 0.302. The van der Waals surface area contributed by atoms with Crippen molar-refractivity contribution in [1.29, 1.82) is 0 Å². The first-order valence-corrected chi connectivity index (χ1v) is 6.55. The van der Waals surface area contributed by atoms with E-state index in [1.165, 1.54) is 0 Å². The molecule has 0 radical (unpaired) electrons. The van der Waals surface area contributed by atoms with Gasteiger partial charge in [0.05, 0.1) is 41.2 Å². The highest BCUT2D eigenvalue weighted by Gasteiger charge is 2.29. The predicted molar refractivity (Wildman–Crippen MR) is 73.3 cm³/mol. The number of rotatable bonds is 1. The fourth-order valence-electron chi connectivity index (χ4n) is 2.62. The molecule has 0 amide bonds. The third kappa shape index (κ3) is 1.76. The van der Waals surface area contributed by atoms with Crippen LogP contribution in [0.2, 0.25) is 5.02 Å². The van der Waals surface area contributed by atoms with Crippen LogP contribution >= 0.6 is 11.6 Å². The van der Waals surface area contributed by atoms with Gasteiger partial charge in [-0.05, 0) is 26.0 Å². The average molecular weight is 266 g/mol. The summed E-state index contributed by atoms with van der Waals surface area (Å²) >= 11 is 6.30. The third-order valence-corrected chi connectivity index (χ3v) is 3.75. The molecule has 96 valence electrons. The summed E-state index contributed by atoms with van der Waals surface area (Å²) in [6, 6.07) is 6.43. The molecule has 1 aliphatic heterocycles. The van der Waals surface area contributed by atoms with E-state index in [4.69, 9.17) is 16.3 Å². The Kier molecular flexibility index (Phi) is 2.92. The van der Waals surface area contributed by atoms with E-state index in [9.17, 15) is 0 Å². The summed E-state index contributed by atoms with van der Waals surface area (Å²) in [6.45, 7) is 5.74. The molecule has 3 rings (SSSR count). The summed E-state index contributed by atoms with van der Waals surface area (Å²) in [7, 11) is 0. The number of hydrogen-bond donors (Lipinski definition) is 1. The molecule has 2 atom stereocenters. The van der Waals surface area contributed by atoms with E-state index in [0.717, 1.165) is 35.0 Å². The largest absolute Gasteiger partial charge is 0.377 e. The van der Waals surface area contributed by atoms with Crippen LogP contribution in [0, 0.1) is 0 Å². The van der Waals surface area contributed by atoms with E-state index in [-0.39, 0.29) is 0 Å². The number of aromatic nitrogens is 2. The van der Waals surface area contributed by atoms with Gasteiger partial charge in [0, 0.05) is 0 Å². The second-order valence-electron chi connectivity index (χ2n) is 4.85. The SMILES string of the molecule is CC1COCC(C)N1c1n[nH]c2cccc(Cl)c12. The minimum atomic E-state index is 0.302. The number of aromatic amines is 1. The first kappa shape index (κ1) is 11.8. The maximum absolute atomic E-state index is 6.30. The lowest BCUT2D eigenvalue weighted by atomic mass is 10.1. The molecule has 4 nitrogen and oxygen atoms in total. The Labute approximate surface area is 111 Å². The van der Waals surface area contributed by atoms with Crippen LogP contribution in [0.1, 0.15) is 13.8 Å². The van der Waals surface area contributed by atoms with Gasteiger partial charge in [-0.3, -0.25) is 5.10 Å². The highest BCUT2D eigenvalue weighted by Crippen LogP contribution is 2.33. The van der Waals surface area contributed by atoms with Gasteiger partial charge in [-0.2, -0.15) is 5.10 Å². The normalized spacial score (nSPS) is 24.7. The molecule has 0 aliphatic carbocycles. The Morgan fingerprint density at radius 3 is 2.78 bits per heavy atom. The Hall–Kier alpha value is -1.26. The molecule has 5 heteroatoms. The topological polar surface area (TPSA) is 41.1 Å². The standard InChI is InChI=1S/C13H16ClN3O/c1-8-6-18-7-9(2)17(8)13-12-10(14)4-3-5-11(12)15-16-13/h3-5,8-9H,6-7H2,1-2H3,(H,15,16). The van der Waals surface area contributed by atoms with Crippen LogP contribution in [0.15, 0.2) is 18.2 Å². The second-order valence-corrected chi connectivity index (χ2v) is 5.26. The van der Waals surface area contributed by atoms with Gasteiger partial charge in [0.2, 0.25) is 0 Å². The summed E-state index contributed by atoms with van der Waals surface area (Å²) in [5, 5.41) is 9.23. The number of nitrogens with one attached hydrogen (secondary N) is 1. The number of nitrogens with zero attached hydrogens (tertiary/aromatic N) is 2. The lowest BCUT2D eigenvalue weighted by molar-refractivity contribution is 0.0753. The van der Waals surface area contributed by atoms with Crippen molar-refractivity contribution in [3.8, 4) is 0 Å². The molecule has 2 heterocycles. The molecular formula is C13H16ClN3O. The van der Waals surface area contributed by atoms with Crippen molar-refractivity contribution in [3.63, 3.8) is 0 Å². The Balaban J connectivity index is 2.13. The van der Waals surface area contributed by atoms with E-state index < -0.39 is 0 Å². The highest BCUT2D eigenvalue weighted by atomic mass is 35.5. The Bertz CT molecular complexity index is 558. The maximum atomic E-state index is 6.30. The van der Waals surface area contributed by atoms with Crippen molar-refractivity contribution in [2.45, 2.75) is 25.9 Å². The fourth-order valence-corrected chi connectivity index (χ4v) is 2.88. The fraction of sp³-hybridized carbons (Fsp3) is 0.462. The van der Waals surface area contributed by atoms with Crippen LogP contribution < -0.4 is 4.90 Å². The summed E-state index contributed by atoms with van der Waals surface area (Å²) in [5.74, 6) is 0.930. The quantitative estimate of drug-likeness (QED) is 0.862. The van der Waals surface area contributed by atoms with Gasteiger partial charge in [0.15, 0.2) is 5.82 Å². The van der Waals surface area contributed by atoms with E-state index in [2.05, 4.69) is 28.9 Å². The van der Waals surface area contributed by atoms with Crippen molar-refractivity contribution in [1.82, 2.24) is 10.2 Å². The molecule has 1 aliphatic rings. The number of benzene rings is 1. The smallest absolute Gasteiger partial charge is 0.160 e. The van der Waals surface area contributed by atoms with Crippen molar-refractivity contribution >= 4 is 28.3 Å². The molecule has 0 saturated carbocycles. The van der Waals surface area contributed by atoms with Crippen LogP contribution in [0.4, 0.5) is 5.82 Å². The van der Waals surface area contributed by atoms with E-state index in [1.54, 1.807) is 0 Å². The zero-order chi connectivity index (χ0) is 12.7. The van der Waals surface area contributed by atoms with Gasteiger partial charge in [-0.15, -0.1) is 0 Å². The average Bonchev–Trinajstić information content (AvgIpc) is 2.74. The van der Waals surface area contributed by atoms with Gasteiger partial charge in [0.1, 0.15) is 0 Å². The monoisotopic (exact) mass is 265 g/mol. The molecular weight excluding hydrogens is 250 g/mol. The van der Waals surface area contributed by atoms with Gasteiger partial charge in [-0.25, -0.2) is 0 Å². The maximum Gasteiger partial charge on any atom is 0.160 e. The van der Waals surface area contributed by atoms with Gasteiger partial charge in [0.25, 0.3) is 0 Å². The van der Waals surface area contributed by atoms with Crippen molar-refractivity contribution in [3.05, 3.63) is 23.2 Å². The zero-order valence-electron chi connectivity index (χ0n) is 10.5. The molecule has 0 bridgehead atoms. The molecule has 1 fully saturated rings. The number of fused-ring (bicyclic) bond motifs is 1. The Morgan fingerprint density at radius 2 is 2.06 bits per heavy atom. The molecule has 2 unspecified atom stereocenters. The number of H-pyrrole nitrogens is 1. The first-order chi connectivity index (χ1) is 8.68. The van der Waals surface area contributed by atoms with Gasteiger partial charge in [-0.1, -0.05) is 17.7 Å². The first-order valence-electron chi connectivity index (χ1n) is 6.17. The van der Waals surface area contributed by atoms with E-state index in [1.807, 2.05) is 18.2 Å². The third-order valence-electron chi connectivity index (χ3n) is 3.43. The Morgan fingerprint density at radius 1 is 1.33 bits per heavy atom. The van der Waals surface area contributed by atoms with Crippen LogP contribution in [-0.2, 0) is 4.74 Å². The van der Waals surface area contributed by atoms with Gasteiger partial charge < -0.3 is 9.64 Å². The van der Waals surface area contributed by atoms with Crippen molar-refractivity contribution in [2.24, 2.45) is 0 Å². The van der Waals surface area contributed by atoms with Crippen LogP contribution in [-0.4, -0.2) is 35.5 Å². The number of morpholine rings is 1. The minimum Gasteiger partial charge on any atom is -0.377 e. The molecule has 2 aromatic rings. The number of ether oxygens (including phenoxy) is 1. The van der Waals surface area contributed by atoms with Crippen LogP contribution in [0.3, 0.4) is 0 Å². The van der Waals surface area contributed by atoms with Gasteiger partial charge >= 0.3 is 0 Å². The lowest BCUT2D eigenvalue weighted by Crippen LogP contribution is -2.50. The molecule has 0 spiro atoms. The molecule has 18 heavy (non-hydrogen) atoms. The van der Waals surface area contributed by atoms with Crippen molar-refractivity contribution in [2.75, 3.05) is 18.1 Å². The lowest BCUT2D eigenvalue weighted by Gasteiger charge is -2.39. The second kappa shape index (κ2) is 4.44. The zero-order valence-corrected chi connectivity index (χ0v) is 11.2. The number of halogens is 1. The summed E-state index contributed by atoms with van der Waals surface area (Å²) in [4.78, 5) is 2.29.